The van der Waals surface area contributed by atoms with Crippen LogP contribution in [0.25, 0.3) is 21.8 Å². The number of hydrogen-bond acceptors (Lipinski definition) is 4. The van der Waals surface area contributed by atoms with Crippen LogP contribution >= 0.6 is 0 Å². The van der Waals surface area contributed by atoms with Crippen molar-refractivity contribution in [3.63, 3.8) is 0 Å². The number of fused-ring (bicyclic) bond motifs is 2. The molecule has 1 saturated heterocycles. The van der Waals surface area contributed by atoms with Crippen LogP contribution < -0.4 is 9.47 Å². The number of carbonyl (C=O) groups is 2. The molecule has 8 nitrogen and oxygen atoms in total. The zero-order valence-corrected chi connectivity index (χ0v) is 18.0. The van der Waals surface area contributed by atoms with Gasteiger partial charge in [-0.2, -0.15) is 0 Å². The Hall–Kier alpha value is -3.94. The van der Waals surface area contributed by atoms with Gasteiger partial charge >= 0.3 is 0 Å². The van der Waals surface area contributed by atoms with Crippen LogP contribution in [-0.4, -0.2) is 72.0 Å². The van der Waals surface area contributed by atoms with E-state index in [2.05, 4.69) is 9.97 Å². The predicted molar refractivity (Wildman–Crippen MR) is 122 cm³/mol. The fourth-order valence-corrected chi connectivity index (χ4v) is 4.28. The van der Waals surface area contributed by atoms with Crippen molar-refractivity contribution in [2.24, 2.45) is 0 Å². The van der Waals surface area contributed by atoms with E-state index in [4.69, 9.17) is 9.47 Å². The molecule has 5 rings (SSSR count). The highest BCUT2D eigenvalue weighted by atomic mass is 16.5. The van der Waals surface area contributed by atoms with E-state index in [1.54, 1.807) is 36.2 Å². The van der Waals surface area contributed by atoms with Gasteiger partial charge in [-0.15, -0.1) is 0 Å². The van der Waals surface area contributed by atoms with Crippen molar-refractivity contribution in [2.45, 2.75) is 0 Å². The van der Waals surface area contributed by atoms with E-state index >= 15 is 0 Å². The molecular formula is C24H24N4O4. The minimum absolute atomic E-state index is 0.0197. The minimum Gasteiger partial charge on any atom is -0.496 e. The molecule has 1 aliphatic rings. The Labute approximate surface area is 184 Å². The Morgan fingerprint density at radius 3 is 2.25 bits per heavy atom. The average Bonchev–Trinajstić information content (AvgIpc) is 3.49. The molecule has 1 fully saturated rings. The first kappa shape index (κ1) is 20.0. The molecular weight excluding hydrogens is 408 g/mol. The summed E-state index contributed by atoms with van der Waals surface area (Å²) in [5.41, 5.74) is 2.78. The number of piperazine rings is 1. The fourth-order valence-electron chi connectivity index (χ4n) is 4.28. The Morgan fingerprint density at radius 2 is 1.53 bits per heavy atom. The van der Waals surface area contributed by atoms with Gasteiger partial charge in [-0.25, -0.2) is 0 Å². The topological polar surface area (TPSA) is 90.7 Å². The molecule has 0 saturated carbocycles. The highest BCUT2D eigenvalue weighted by Crippen LogP contribution is 2.33. The van der Waals surface area contributed by atoms with Crippen molar-refractivity contribution in [1.82, 2.24) is 19.8 Å². The first-order valence-electron chi connectivity index (χ1n) is 10.5. The third-order valence-corrected chi connectivity index (χ3v) is 6.04. The van der Waals surface area contributed by atoms with Crippen molar-refractivity contribution >= 4 is 33.6 Å². The zero-order valence-electron chi connectivity index (χ0n) is 18.0. The molecule has 3 heterocycles. The van der Waals surface area contributed by atoms with E-state index in [9.17, 15) is 9.59 Å². The maximum absolute atomic E-state index is 13.1. The summed E-state index contributed by atoms with van der Waals surface area (Å²) < 4.78 is 10.8. The van der Waals surface area contributed by atoms with Crippen LogP contribution in [0.1, 0.15) is 20.8 Å². The minimum atomic E-state index is -0.106. The Bertz CT molecular complexity index is 1270. The summed E-state index contributed by atoms with van der Waals surface area (Å²) in [5.74, 6) is 1.19. The normalized spacial score (nSPS) is 14.2. The van der Waals surface area contributed by atoms with Crippen LogP contribution in [0, 0.1) is 0 Å². The summed E-state index contributed by atoms with van der Waals surface area (Å²) in [6, 6.07) is 13.1. The lowest BCUT2D eigenvalue weighted by Gasteiger charge is -2.34. The molecule has 0 unspecified atom stereocenters. The monoisotopic (exact) mass is 432 g/mol. The molecule has 32 heavy (non-hydrogen) atoms. The van der Waals surface area contributed by atoms with Crippen LogP contribution in [-0.2, 0) is 0 Å². The Morgan fingerprint density at radius 1 is 0.844 bits per heavy atom. The number of aromatic amines is 2. The maximum Gasteiger partial charge on any atom is 0.270 e. The molecule has 2 N–H and O–H groups in total. The van der Waals surface area contributed by atoms with E-state index in [0.717, 1.165) is 21.8 Å². The SMILES string of the molecule is COc1ccc(OC)c2[nH]c(C(=O)N3CCN(C(=O)c4ccc5cc[nH]c5c4)CC3)cc12. The number of rotatable bonds is 4. The Kier molecular flexibility index (Phi) is 4.97. The average molecular weight is 432 g/mol. The summed E-state index contributed by atoms with van der Waals surface area (Å²) in [5, 5.41) is 1.87. The second kappa shape index (κ2) is 7.96. The molecule has 2 aromatic heterocycles. The van der Waals surface area contributed by atoms with E-state index in [0.29, 0.717) is 48.9 Å². The predicted octanol–water partition coefficient (Wildman–Crippen LogP) is 3.26. The van der Waals surface area contributed by atoms with Gasteiger partial charge in [-0.3, -0.25) is 9.59 Å². The second-order valence-corrected chi connectivity index (χ2v) is 7.81. The molecule has 0 aliphatic carbocycles. The maximum atomic E-state index is 13.1. The van der Waals surface area contributed by atoms with Gasteiger partial charge in [0.1, 0.15) is 17.2 Å². The van der Waals surface area contributed by atoms with Gasteiger partial charge in [-0.05, 0) is 41.8 Å². The van der Waals surface area contributed by atoms with Gasteiger partial charge in [0.2, 0.25) is 0 Å². The van der Waals surface area contributed by atoms with Crippen molar-refractivity contribution in [2.75, 3.05) is 40.4 Å². The summed E-state index contributed by atoms with van der Waals surface area (Å²) >= 11 is 0. The van der Waals surface area contributed by atoms with E-state index in [1.807, 2.05) is 36.5 Å². The molecule has 1 aliphatic heterocycles. The number of ether oxygens (including phenoxy) is 2. The molecule has 0 atom stereocenters. The molecule has 2 aromatic carbocycles. The van der Waals surface area contributed by atoms with Gasteiger partial charge in [0, 0.05) is 48.8 Å². The molecule has 2 amide bonds. The lowest BCUT2D eigenvalue weighted by molar-refractivity contribution is 0.0533. The number of H-pyrrole nitrogens is 2. The first-order chi connectivity index (χ1) is 15.6. The lowest BCUT2D eigenvalue weighted by atomic mass is 10.1. The van der Waals surface area contributed by atoms with Crippen LogP contribution in [0.3, 0.4) is 0 Å². The lowest BCUT2D eigenvalue weighted by Crippen LogP contribution is -2.50. The van der Waals surface area contributed by atoms with Gasteiger partial charge in [0.05, 0.1) is 19.7 Å². The fraction of sp³-hybridized carbons (Fsp3) is 0.250. The number of carbonyl (C=O) groups excluding carboxylic acids is 2. The largest absolute Gasteiger partial charge is 0.496 e. The third-order valence-electron chi connectivity index (χ3n) is 6.04. The van der Waals surface area contributed by atoms with Gasteiger partial charge in [0.25, 0.3) is 11.8 Å². The number of methoxy groups -OCH3 is 2. The number of nitrogens with one attached hydrogen (secondary N) is 2. The number of aromatic nitrogens is 2. The summed E-state index contributed by atoms with van der Waals surface area (Å²) in [6.07, 6.45) is 1.86. The van der Waals surface area contributed by atoms with Crippen molar-refractivity contribution in [3.8, 4) is 11.5 Å². The van der Waals surface area contributed by atoms with Crippen LogP contribution in [0.2, 0.25) is 0 Å². The van der Waals surface area contributed by atoms with Gasteiger partial charge < -0.3 is 29.2 Å². The smallest absolute Gasteiger partial charge is 0.270 e. The van der Waals surface area contributed by atoms with E-state index in [-0.39, 0.29) is 11.8 Å². The van der Waals surface area contributed by atoms with Gasteiger partial charge in [0.15, 0.2) is 0 Å². The third kappa shape index (κ3) is 3.33. The summed E-state index contributed by atoms with van der Waals surface area (Å²) in [4.78, 5) is 36.0. The highest BCUT2D eigenvalue weighted by Gasteiger charge is 2.27. The Balaban J connectivity index is 1.30. The number of hydrogen-bond donors (Lipinski definition) is 2. The number of nitrogens with zero attached hydrogens (tertiary/aromatic N) is 2. The van der Waals surface area contributed by atoms with Crippen LogP contribution in [0.5, 0.6) is 11.5 Å². The molecule has 8 heteroatoms. The first-order valence-corrected chi connectivity index (χ1v) is 10.5. The van der Waals surface area contributed by atoms with Gasteiger partial charge in [-0.1, -0.05) is 6.07 Å². The summed E-state index contributed by atoms with van der Waals surface area (Å²) in [7, 11) is 3.19. The van der Waals surface area contributed by atoms with Crippen molar-refractivity contribution < 1.29 is 19.1 Å². The second-order valence-electron chi connectivity index (χ2n) is 7.81. The molecule has 0 bridgehead atoms. The number of benzene rings is 2. The molecule has 0 radical (unpaired) electrons. The van der Waals surface area contributed by atoms with E-state index < -0.39 is 0 Å². The zero-order chi connectivity index (χ0) is 22.2. The number of amides is 2. The van der Waals surface area contributed by atoms with Crippen LogP contribution in [0.4, 0.5) is 0 Å². The quantitative estimate of drug-likeness (QED) is 0.518. The van der Waals surface area contributed by atoms with Crippen molar-refractivity contribution in [1.29, 1.82) is 0 Å². The van der Waals surface area contributed by atoms with E-state index in [1.165, 1.54) is 0 Å². The molecule has 4 aromatic rings. The molecule has 0 spiro atoms. The van der Waals surface area contributed by atoms with Crippen molar-refractivity contribution in [3.05, 3.63) is 59.9 Å². The summed E-state index contributed by atoms with van der Waals surface area (Å²) in [6.45, 7) is 1.92. The molecule has 164 valence electrons. The standard InChI is InChI=1S/C24H24N4O4/c1-31-20-5-6-21(32-2)22-17(20)14-19(26-22)24(30)28-11-9-27(10-12-28)23(29)16-4-3-15-7-8-25-18(15)13-16/h3-8,13-14,25-26H,9-12H2,1-2H3. The highest BCUT2D eigenvalue weighted by molar-refractivity contribution is 6.02. The van der Waals surface area contributed by atoms with Crippen LogP contribution in [0.15, 0.2) is 48.7 Å².